The lowest BCUT2D eigenvalue weighted by molar-refractivity contribution is -0.139. The molecule has 4 nitrogen and oxygen atoms in total. The Bertz CT molecular complexity index is 910. The van der Waals surface area contributed by atoms with Crippen molar-refractivity contribution in [1.82, 2.24) is 4.90 Å². The van der Waals surface area contributed by atoms with E-state index in [2.05, 4.69) is 6.92 Å². The van der Waals surface area contributed by atoms with Crippen molar-refractivity contribution in [3.8, 4) is 0 Å². The summed E-state index contributed by atoms with van der Waals surface area (Å²) in [7, 11) is 0. The minimum Gasteiger partial charge on any atom is -0.507 e. The van der Waals surface area contributed by atoms with Gasteiger partial charge in [-0.15, -0.1) is 0 Å². The molecular formula is C25H29NO3. The van der Waals surface area contributed by atoms with Crippen LogP contribution in [0.2, 0.25) is 0 Å². The molecule has 1 atom stereocenters. The van der Waals surface area contributed by atoms with E-state index in [-0.39, 0.29) is 11.3 Å². The molecular weight excluding hydrogens is 362 g/mol. The molecule has 1 N–H and O–H groups in total. The van der Waals surface area contributed by atoms with Crippen molar-refractivity contribution in [2.75, 3.05) is 6.54 Å². The normalized spacial score (nSPS) is 18.4. The molecule has 1 unspecified atom stereocenters. The average molecular weight is 392 g/mol. The Kier molecular flexibility index (Phi) is 6.53. The fourth-order valence-electron chi connectivity index (χ4n) is 3.78. The number of aryl methyl sites for hydroxylation is 2. The topological polar surface area (TPSA) is 57.6 Å². The van der Waals surface area contributed by atoms with Crippen LogP contribution in [-0.4, -0.2) is 28.2 Å². The van der Waals surface area contributed by atoms with E-state index in [9.17, 15) is 14.7 Å². The van der Waals surface area contributed by atoms with Crippen LogP contribution in [0.25, 0.3) is 5.76 Å². The van der Waals surface area contributed by atoms with Crippen LogP contribution in [0, 0.1) is 13.8 Å². The predicted octanol–water partition coefficient (Wildman–Crippen LogP) is 5.31. The number of Topliss-reactive ketones (excluding diaryl/α,β-unsaturated/α-hetero) is 1. The van der Waals surface area contributed by atoms with Gasteiger partial charge >= 0.3 is 0 Å². The fraction of sp³-hybridized carbons (Fsp3) is 0.360. The van der Waals surface area contributed by atoms with Gasteiger partial charge in [0.25, 0.3) is 11.7 Å². The molecule has 1 fully saturated rings. The number of rotatable bonds is 7. The maximum Gasteiger partial charge on any atom is 0.295 e. The molecule has 0 aromatic heterocycles. The number of unbranched alkanes of at least 4 members (excludes halogenated alkanes) is 3. The number of nitrogens with zero attached hydrogens (tertiary/aromatic N) is 1. The molecule has 1 saturated heterocycles. The summed E-state index contributed by atoms with van der Waals surface area (Å²) in [5.41, 5.74) is 3.74. The quantitative estimate of drug-likeness (QED) is 0.301. The fourth-order valence-corrected chi connectivity index (χ4v) is 3.78. The van der Waals surface area contributed by atoms with Crippen LogP contribution in [-0.2, 0) is 9.59 Å². The van der Waals surface area contributed by atoms with E-state index in [4.69, 9.17) is 0 Å². The lowest BCUT2D eigenvalue weighted by Crippen LogP contribution is -2.30. The number of ketones is 1. The van der Waals surface area contributed by atoms with Gasteiger partial charge in [0, 0.05) is 12.1 Å². The van der Waals surface area contributed by atoms with Crippen molar-refractivity contribution in [2.24, 2.45) is 0 Å². The first kappa shape index (κ1) is 20.8. The van der Waals surface area contributed by atoms with Crippen LogP contribution in [0.15, 0.2) is 54.1 Å². The standard InChI is InChI=1S/C25H29NO3/c1-4-5-6-7-16-26-22(19-12-8-17(2)9-13-19)21(24(28)25(26)29)23(27)20-14-10-18(3)11-15-20/h8-15,22,27H,4-7,16H2,1-3H3/b23-21-. The van der Waals surface area contributed by atoms with E-state index in [1.165, 1.54) is 0 Å². The van der Waals surface area contributed by atoms with Gasteiger partial charge in [-0.25, -0.2) is 0 Å². The Balaban J connectivity index is 2.05. The van der Waals surface area contributed by atoms with Crippen molar-refractivity contribution >= 4 is 17.4 Å². The van der Waals surface area contributed by atoms with Gasteiger partial charge in [0.2, 0.25) is 0 Å². The predicted molar refractivity (Wildman–Crippen MR) is 116 cm³/mol. The van der Waals surface area contributed by atoms with Crippen molar-refractivity contribution in [3.63, 3.8) is 0 Å². The average Bonchev–Trinajstić information content (AvgIpc) is 2.96. The summed E-state index contributed by atoms with van der Waals surface area (Å²) >= 11 is 0. The summed E-state index contributed by atoms with van der Waals surface area (Å²) in [6.45, 7) is 6.61. The molecule has 0 bridgehead atoms. The Labute approximate surface area is 172 Å². The van der Waals surface area contributed by atoms with Gasteiger partial charge in [-0.3, -0.25) is 9.59 Å². The molecule has 152 valence electrons. The molecule has 2 aromatic rings. The number of hydrogen-bond acceptors (Lipinski definition) is 3. The van der Waals surface area contributed by atoms with E-state index in [1.54, 1.807) is 17.0 Å². The maximum atomic E-state index is 12.9. The third-order valence-electron chi connectivity index (χ3n) is 5.51. The largest absolute Gasteiger partial charge is 0.507 e. The second-order valence-corrected chi connectivity index (χ2v) is 7.83. The molecule has 29 heavy (non-hydrogen) atoms. The zero-order valence-electron chi connectivity index (χ0n) is 17.4. The van der Waals surface area contributed by atoms with Crippen LogP contribution in [0.4, 0.5) is 0 Å². The molecule has 0 radical (unpaired) electrons. The van der Waals surface area contributed by atoms with Gasteiger partial charge in [-0.1, -0.05) is 85.8 Å². The SMILES string of the molecule is CCCCCCN1C(=O)C(=O)/C(=C(\O)c2ccc(C)cc2)C1c1ccc(C)cc1. The number of likely N-dealkylation sites (tertiary alicyclic amines) is 1. The first-order valence-electron chi connectivity index (χ1n) is 10.4. The van der Waals surface area contributed by atoms with Crippen LogP contribution in [0.3, 0.4) is 0 Å². The first-order chi connectivity index (χ1) is 13.9. The van der Waals surface area contributed by atoms with Crippen molar-refractivity contribution in [2.45, 2.75) is 52.5 Å². The van der Waals surface area contributed by atoms with Gasteiger partial charge in [0.1, 0.15) is 5.76 Å². The van der Waals surface area contributed by atoms with Crippen LogP contribution in [0.5, 0.6) is 0 Å². The van der Waals surface area contributed by atoms with Gasteiger partial charge in [-0.05, 0) is 25.8 Å². The van der Waals surface area contributed by atoms with Crippen LogP contribution in [0.1, 0.15) is 60.9 Å². The lowest BCUT2D eigenvalue weighted by atomic mass is 9.94. The third-order valence-corrected chi connectivity index (χ3v) is 5.51. The summed E-state index contributed by atoms with van der Waals surface area (Å²) in [4.78, 5) is 27.4. The second-order valence-electron chi connectivity index (χ2n) is 7.83. The van der Waals surface area contributed by atoms with E-state index in [1.807, 2.05) is 50.2 Å². The van der Waals surface area contributed by atoms with Crippen molar-refractivity contribution < 1.29 is 14.7 Å². The Morgan fingerprint density at radius 1 is 0.897 bits per heavy atom. The highest BCUT2D eigenvalue weighted by Gasteiger charge is 2.45. The van der Waals surface area contributed by atoms with E-state index >= 15 is 0 Å². The molecule has 1 aliphatic heterocycles. The van der Waals surface area contributed by atoms with E-state index in [0.29, 0.717) is 12.1 Å². The number of hydrogen-bond donors (Lipinski definition) is 1. The molecule has 4 heteroatoms. The summed E-state index contributed by atoms with van der Waals surface area (Å²) < 4.78 is 0. The van der Waals surface area contributed by atoms with Crippen molar-refractivity contribution in [1.29, 1.82) is 0 Å². The summed E-state index contributed by atoms with van der Waals surface area (Å²) in [5, 5.41) is 11.0. The molecule has 0 aliphatic carbocycles. The number of aliphatic hydroxyl groups excluding tert-OH is 1. The molecule has 1 amide bonds. The zero-order chi connectivity index (χ0) is 21.0. The van der Waals surface area contributed by atoms with Crippen LogP contribution < -0.4 is 0 Å². The first-order valence-corrected chi connectivity index (χ1v) is 10.4. The van der Waals surface area contributed by atoms with E-state index < -0.39 is 17.7 Å². The number of carbonyl (C=O) groups is 2. The third kappa shape index (κ3) is 4.42. The lowest BCUT2D eigenvalue weighted by Gasteiger charge is -2.25. The number of aliphatic hydroxyl groups is 1. The monoisotopic (exact) mass is 391 g/mol. The molecule has 0 saturated carbocycles. The van der Waals surface area contributed by atoms with Gasteiger partial charge in [0.05, 0.1) is 11.6 Å². The second kappa shape index (κ2) is 9.08. The molecule has 0 spiro atoms. The maximum absolute atomic E-state index is 12.9. The van der Waals surface area contributed by atoms with E-state index in [0.717, 1.165) is 42.4 Å². The Hall–Kier alpha value is -2.88. The highest BCUT2D eigenvalue weighted by atomic mass is 16.3. The highest BCUT2D eigenvalue weighted by Crippen LogP contribution is 2.39. The summed E-state index contributed by atoms with van der Waals surface area (Å²) in [6.07, 6.45) is 4.06. The minimum atomic E-state index is -0.607. The smallest absolute Gasteiger partial charge is 0.295 e. The zero-order valence-corrected chi connectivity index (χ0v) is 17.4. The Morgan fingerprint density at radius 2 is 1.48 bits per heavy atom. The molecule has 2 aromatic carbocycles. The molecule has 3 rings (SSSR count). The van der Waals surface area contributed by atoms with Crippen molar-refractivity contribution in [3.05, 3.63) is 76.4 Å². The van der Waals surface area contributed by atoms with Crippen LogP contribution >= 0.6 is 0 Å². The van der Waals surface area contributed by atoms with Gasteiger partial charge in [0.15, 0.2) is 0 Å². The highest BCUT2D eigenvalue weighted by molar-refractivity contribution is 6.46. The van der Waals surface area contributed by atoms with Gasteiger partial charge < -0.3 is 10.0 Å². The summed E-state index contributed by atoms with van der Waals surface area (Å²) in [6, 6.07) is 14.6. The molecule has 1 heterocycles. The summed E-state index contributed by atoms with van der Waals surface area (Å²) in [5.74, 6) is -1.24. The minimum absolute atomic E-state index is 0.106. The number of benzene rings is 2. The van der Waals surface area contributed by atoms with Gasteiger partial charge in [-0.2, -0.15) is 0 Å². The molecule has 1 aliphatic rings. The number of amides is 1. The number of carbonyl (C=O) groups excluding carboxylic acids is 2. The Morgan fingerprint density at radius 3 is 2.07 bits per heavy atom.